The zero-order chi connectivity index (χ0) is 15.7. The Hall–Kier alpha value is -0.720. The summed E-state index contributed by atoms with van der Waals surface area (Å²) < 4.78 is 5.69. The van der Waals surface area contributed by atoms with Crippen molar-refractivity contribution in [1.29, 1.82) is 0 Å². The summed E-state index contributed by atoms with van der Waals surface area (Å²) in [5.41, 5.74) is -0.993. The second-order valence-electron chi connectivity index (χ2n) is 6.41. The predicted molar refractivity (Wildman–Crippen MR) is 75.8 cm³/mol. The summed E-state index contributed by atoms with van der Waals surface area (Å²) in [6.07, 6.45) is -1.25. The number of halogens is 1. The molecule has 3 N–H and O–H groups in total. The Kier molecular flexibility index (Phi) is 3.18. The van der Waals surface area contributed by atoms with Crippen molar-refractivity contribution in [1.82, 2.24) is 0 Å². The predicted octanol–water partition coefficient (Wildman–Crippen LogP) is 0.167. The van der Waals surface area contributed by atoms with Crippen molar-refractivity contribution in [2.45, 2.75) is 43.1 Å². The molecule has 1 saturated carbocycles. The van der Waals surface area contributed by atoms with Crippen molar-refractivity contribution in [3.63, 3.8) is 0 Å². The number of ketones is 1. The van der Waals surface area contributed by atoms with Crippen molar-refractivity contribution < 1.29 is 24.9 Å². The first-order valence-electron chi connectivity index (χ1n) is 6.96. The maximum absolute atomic E-state index is 12.4. The zero-order valence-electron chi connectivity index (χ0n) is 11.9. The van der Waals surface area contributed by atoms with E-state index in [1.807, 2.05) is 6.92 Å². The highest BCUT2D eigenvalue weighted by atomic mass is 35.5. The maximum Gasteiger partial charge on any atom is 0.194 e. The fraction of sp³-hybridized carbons (Fsp3) is 0.667. The Morgan fingerprint density at radius 2 is 2.10 bits per heavy atom. The molecular weight excluding hydrogens is 296 g/mol. The number of hydrogen-bond acceptors (Lipinski definition) is 5. The van der Waals surface area contributed by atoms with Gasteiger partial charge in [0, 0.05) is 5.41 Å². The van der Waals surface area contributed by atoms with Gasteiger partial charge in [-0.25, -0.2) is 0 Å². The molecule has 0 spiro atoms. The molecule has 2 aliphatic carbocycles. The molecule has 0 amide bonds. The molecule has 7 unspecified atom stereocenters. The Bertz CT molecular complexity index is 558. The molecule has 1 saturated heterocycles. The highest BCUT2D eigenvalue weighted by Gasteiger charge is 2.75. The summed E-state index contributed by atoms with van der Waals surface area (Å²) in [6, 6.07) is 0. The van der Waals surface area contributed by atoms with Gasteiger partial charge in [-0.2, -0.15) is 0 Å². The fourth-order valence-corrected chi connectivity index (χ4v) is 4.33. The van der Waals surface area contributed by atoms with Crippen molar-refractivity contribution in [3.8, 4) is 0 Å². The number of aliphatic hydroxyl groups excluding tert-OH is 3. The minimum atomic E-state index is -1.21. The fourth-order valence-electron chi connectivity index (χ4n) is 3.89. The molecule has 3 aliphatic rings. The molecule has 1 aliphatic heterocycles. The number of carbonyl (C=O) groups is 1. The average Bonchev–Trinajstić information content (AvgIpc) is 3.24. The summed E-state index contributed by atoms with van der Waals surface area (Å²) in [4.78, 5) is 12.4. The van der Waals surface area contributed by atoms with Crippen LogP contribution in [0.5, 0.6) is 0 Å². The molecular formula is C15H19ClO5. The third-order valence-electron chi connectivity index (χ3n) is 5.56. The number of rotatable bonds is 2. The lowest BCUT2D eigenvalue weighted by molar-refractivity contribution is -0.119. The van der Waals surface area contributed by atoms with Gasteiger partial charge < -0.3 is 20.1 Å². The van der Waals surface area contributed by atoms with Crippen LogP contribution >= 0.6 is 11.6 Å². The molecule has 0 aromatic carbocycles. The van der Waals surface area contributed by atoms with Gasteiger partial charge in [-0.15, -0.1) is 11.6 Å². The van der Waals surface area contributed by atoms with E-state index in [9.17, 15) is 20.1 Å². The van der Waals surface area contributed by atoms with Gasteiger partial charge in [0.15, 0.2) is 11.4 Å². The van der Waals surface area contributed by atoms with Crippen LogP contribution in [-0.2, 0) is 9.53 Å². The van der Waals surface area contributed by atoms with Gasteiger partial charge in [-0.05, 0) is 23.1 Å². The van der Waals surface area contributed by atoms with Crippen molar-refractivity contribution in [2.75, 3.05) is 6.61 Å². The molecule has 5 nitrogen and oxygen atoms in total. The van der Waals surface area contributed by atoms with Crippen LogP contribution in [0.3, 0.4) is 0 Å². The van der Waals surface area contributed by atoms with Gasteiger partial charge in [-0.3, -0.25) is 4.79 Å². The van der Waals surface area contributed by atoms with E-state index in [-0.39, 0.29) is 18.3 Å². The largest absolute Gasteiger partial charge is 0.392 e. The number of fused-ring (bicyclic) bond motifs is 3. The lowest BCUT2D eigenvalue weighted by Gasteiger charge is -2.50. The van der Waals surface area contributed by atoms with Crippen molar-refractivity contribution >= 4 is 17.4 Å². The molecule has 0 bridgehead atoms. The van der Waals surface area contributed by atoms with E-state index < -0.39 is 34.7 Å². The maximum atomic E-state index is 12.4. The number of carbonyl (C=O) groups excluding carboxylic acids is 1. The molecule has 1 heterocycles. The standard InChI is InChI=1S/C15H19ClO5/c1-6(5-17)15-9(18)4-8-10(16)12(20)11(19)7(2)14(8,3)13(15)21-15/h4,7,10-13,17,19-20H,1,5H2,2-3H3. The first kappa shape index (κ1) is 15.2. The molecule has 0 aromatic heterocycles. The molecule has 116 valence electrons. The Balaban J connectivity index is 2.12. The average molecular weight is 315 g/mol. The van der Waals surface area contributed by atoms with Gasteiger partial charge in [0.05, 0.1) is 18.1 Å². The van der Waals surface area contributed by atoms with E-state index in [1.54, 1.807) is 6.92 Å². The Morgan fingerprint density at radius 3 is 2.67 bits per heavy atom. The number of epoxide rings is 1. The summed E-state index contributed by atoms with van der Waals surface area (Å²) in [7, 11) is 0. The third kappa shape index (κ3) is 1.58. The minimum absolute atomic E-state index is 0.305. The molecule has 21 heavy (non-hydrogen) atoms. The van der Waals surface area contributed by atoms with Crippen LogP contribution in [-0.4, -0.2) is 57.0 Å². The summed E-state index contributed by atoms with van der Waals surface area (Å²) in [5, 5.41) is 28.8. The first-order valence-corrected chi connectivity index (χ1v) is 7.40. The van der Waals surface area contributed by atoms with Crippen LogP contribution in [0.15, 0.2) is 23.8 Å². The van der Waals surface area contributed by atoms with Crippen LogP contribution in [0.1, 0.15) is 13.8 Å². The number of aliphatic hydroxyl groups is 3. The highest BCUT2D eigenvalue weighted by molar-refractivity contribution is 6.24. The van der Waals surface area contributed by atoms with Crippen molar-refractivity contribution in [2.24, 2.45) is 11.3 Å². The molecule has 0 aromatic rings. The molecule has 3 rings (SSSR count). The number of alkyl halides is 1. The quantitative estimate of drug-likeness (QED) is 0.384. The van der Waals surface area contributed by atoms with Crippen LogP contribution in [0.2, 0.25) is 0 Å². The lowest BCUT2D eigenvalue weighted by atomic mass is 9.56. The van der Waals surface area contributed by atoms with Gasteiger partial charge in [0.25, 0.3) is 0 Å². The van der Waals surface area contributed by atoms with Gasteiger partial charge >= 0.3 is 0 Å². The SMILES string of the molecule is C=C(CO)C12OC1C1(C)C(=CC2=O)C(Cl)C(O)C(O)C1C. The van der Waals surface area contributed by atoms with Crippen LogP contribution in [0.25, 0.3) is 0 Å². The van der Waals surface area contributed by atoms with Crippen LogP contribution < -0.4 is 0 Å². The van der Waals surface area contributed by atoms with Gasteiger partial charge in [-0.1, -0.05) is 20.4 Å². The van der Waals surface area contributed by atoms with E-state index in [0.717, 1.165) is 0 Å². The summed E-state index contributed by atoms with van der Waals surface area (Å²) >= 11 is 6.24. The zero-order valence-corrected chi connectivity index (χ0v) is 12.7. The van der Waals surface area contributed by atoms with E-state index >= 15 is 0 Å². The smallest absolute Gasteiger partial charge is 0.194 e. The third-order valence-corrected chi connectivity index (χ3v) is 6.05. The van der Waals surface area contributed by atoms with E-state index in [4.69, 9.17) is 16.3 Å². The topological polar surface area (TPSA) is 90.3 Å². The molecule has 6 heteroatoms. The van der Waals surface area contributed by atoms with Crippen LogP contribution in [0, 0.1) is 11.3 Å². The van der Waals surface area contributed by atoms with Crippen LogP contribution in [0.4, 0.5) is 0 Å². The highest BCUT2D eigenvalue weighted by Crippen LogP contribution is 2.64. The van der Waals surface area contributed by atoms with E-state index in [2.05, 4.69) is 6.58 Å². The second kappa shape index (κ2) is 4.40. The lowest BCUT2D eigenvalue weighted by Crippen LogP contribution is -2.59. The number of hydrogen-bond donors (Lipinski definition) is 3. The second-order valence-corrected chi connectivity index (χ2v) is 6.88. The number of ether oxygens (including phenoxy) is 1. The summed E-state index contributed by atoms with van der Waals surface area (Å²) in [6.45, 7) is 7.07. The first-order chi connectivity index (χ1) is 9.72. The van der Waals surface area contributed by atoms with E-state index in [1.165, 1.54) is 6.08 Å². The van der Waals surface area contributed by atoms with Gasteiger partial charge in [0.1, 0.15) is 12.2 Å². The normalized spacial score (nSPS) is 51.8. The van der Waals surface area contributed by atoms with Crippen molar-refractivity contribution in [3.05, 3.63) is 23.8 Å². The Labute approximate surface area is 127 Å². The van der Waals surface area contributed by atoms with Gasteiger partial charge in [0.2, 0.25) is 0 Å². The minimum Gasteiger partial charge on any atom is -0.392 e. The molecule has 2 fully saturated rings. The molecule has 7 atom stereocenters. The Morgan fingerprint density at radius 1 is 1.48 bits per heavy atom. The molecule has 0 radical (unpaired) electrons. The monoisotopic (exact) mass is 314 g/mol. The summed E-state index contributed by atoms with van der Waals surface area (Å²) in [5.74, 6) is -0.652. The van der Waals surface area contributed by atoms with E-state index in [0.29, 0.717) is 11.1 Å².